The first-order valence-corrected chi connectivity index (χ1v) is 14.7. The van der Waals surface area contributed by atoms with Crippen LogP contribution in [0.5, 0.6) is 0 Å². The zero-order valence-corrected chi connectivity index (χ0v) is 23.8. The van der Waals surface area contributed by atoms with E-state index in [1.54, 1.807) is 60.9 Å². The highest BCUT2D eigenvalue weighted by molar-refractivity contribution is 7.92. The van der Waals surface area contributed by atoms with E-state index in [9.17, 15) is 18.3 Å². The van der Waals surface area contributed by atoms with Crippen molar-refractivity contribution in [1.82, 2.24) is 35.5 Å². The lowest BCUT2D eigenvalue weighted by Gasteiger charge is -2.28. The number of hydrogen-bond acceptors (Lipinski definition) is 9. The van der Waals surface area contributed by atoms with E-state index in [2.05, 4.69) is 41.0 Å². The Morgan fingerprint density at radius 1 is 1.07 bits per heavy atom. The minimum atomic E-state index is -3.74. The van der Waals surface area contributed by atoms with Gasteiger partial charge in [0.2, 0.25) is 0 Å². The van der Waals surface area contributed by atoms with E-state index in [4.69, 9.17) is 0 Å². The number of aromatic nitrogens is 6. The van der Waals surface area contributed by atoms with Crippen LogP contribution in [0.4, 0.5) is 11.6 Å². The lowest BCUT2D eigenvalue weighted by molar-refractivity contribution is 0.102. The Balaban J connectivity index is 1.16. The summed E-state index contributed by atoms with van der Waals surface area (Å²) in [6.45, 7) is 5.01. The van der Waals surface area contributed by atoms with Crippen LogP contribution < -0.4 is 15.4 Å². The summed E-state index contributed by atoms with van der Waals surface area (Å²) in [5.41, 5.74) is 2.61. The van der Waals surface area contributed by atoms with Crippen molar-refractivity contribution < 1.29 is 18.3 Å². The van der Waals surface area contributed by atoms with Crippen LogP contribution in [-0.2, 0) is 16.6 Å². The molecule has 0 saturated heterocycles. The molecule has 14 heteroatoms. The zero-order chi connectivity index (χ0) is 29.7. The fourth-order valence-corrected chi connectivity index (χ4v) is 5.44. The second-order valence-electron chi connectivity index (χ2n) is 10.4. The number of anilines is 2. The van der Waals surface area contributed by atoms with Crippen molar-refractivity contribution in [3.8, 4) is 0 Å². The van der Waals surface area contributed by atoms with Crippen molar-refractivity contribution in [2.75, 3.05) is 16.6 Å². The van der Waals surface area contributed by atoms with E-state index in [0.29, 0.717) is 28.9 Å². The van der Waals surface area contributed by atoms with E-state index < -0.39 is 16.1 Å². The number of benzene rings is 3. The Hall–Kier alpha value is -4.66. The summed E-state index contributed by atoms with van der Waals surface area (Å²) in [4.78, 5) is 17.1. The Kier molecular flexibility index (Phi) is 8.29. The number of sulfonamides is 1. The van der Waals surface area contributed by atoms with Gasteiger partial charge in [-0.2, -0.15) is 5.21 Å². The number of β-amino-alcohol motifs (C(OH)–C–C–N with tert-alkyl or cyclic N) is 1. The number of rotatable bonds is 12. The summed E-state index contributed by atoms with van der Waals surface area (Å²) < 4.78 is 29.9. The molecule has 0 aliphatic carbocycles. The Morgan fingerprint density at radius 2 is 1.88 bits per heavy atom. The summed E-state index contributed by atoms with van der Waals surface area (Å²) >= 11 is 0. The number of amides is 1. The van der Waals surface area contributed by atoms with Crippen LogP contribution in [0.3, 0.4) is 0 Å². The second-order valence-corrected chi connectivity index (χ2v) is 12.1. The van der Waals surface area contributed by atoms with Crippen molar-refractivity contribution in [2.24, 2.45) is 0 Å². The fraction of sp³-hybridized carbons (Fsp3) is 0.250. The highest BCUT2D eigenvalue weighted by atomic mass is 32.2. The van der Waals surface area contributed by atoms with Gasteiger partial charge in [0.05, 0.1) is 28.4 Å². The molecule has 0 fully saturated rings. The Bertz CT molecular complexity index is 1770. The molecule has 1 atom stereocenters. The number of imidazole rings is 1. The molecule has 0 spiro atoms. The van der Waals surface area contributed by atoms with Crippen molar-refractivity contribution in [3.05, 3.63) is 90.3 Å². The van der Waals surface area contributed by atoms with Gasteiger partial charge in [0.1, 0.15) is 0 Å². The summed E-state index contributed by atoms with van der Waals surface area (Å²) in [6, 6.07) is 20.1. The number of nitrogens with one attached hydrogen (secondary N) is 4. The lowest BCUT2D eigenvalue weighted by atomic mass is 9.99. The van der Waals surface area contributed by atoms with Crippen LogP contribution in [0.25, 0.3) is 11.0 Å². The van der Waals surface area contributed by atoms with Crippen LogP contribution in [0.15, 0.2) is 84.0 Å². The normalized spacial score (nSPS) is 12.7. The van der Waals surface area contributed by atoms with E-state index in [-0.39, 0.29) is 28.8 Å². The van der Waals surface area contributed by atoms with Gasteiger partial charge in [0, 0.05) is 29.9 Å². The maximum absolute atomic E-state index is 12.7. The van der Waals surface area contributed by atoms with E-state index >= 15 is 0 Å². The monoisotopic (exact) mass is 589 g/mol. The molecule has 3 aromatic carbocycles. The highest BCUT2D eigenvalue weighted by Crippen LogP contribution is 2.22. The number of carbonyl (C=O) groups is 1. The highest BCUT2D eigenvalue weighted by Gasteiger charge is 2.21. The number of H-pyrrole nitrogens is 1. The minimum Gasteiger partial charge on any atom is -0.387 e. The number of aliphatic hydroxyl groups excluding tert-OH is 1. The third-order valence-electron chi connectivity index (χ3n) is 6.78. The summed E-state index contributed by atoms with van der Waals surface area (Å²) in [5, 5.41) is 30.0. The number of aliphatic hydroxyl groups is 1. The molecule has 5 aromatic rings. The second kappa shape index (κ2) is 12.1. The predicted molar refractivity (Wildman–Crippen MR) is 157 cm³/mol. The SMILES string of the molecule is CC(C)(CCn1cnc2cc(C(=O)Nc3nn[nH]n3)ccc21)NC[C@H](O)c1cccc(NS(=O)(=O)c2ccccc2)c1. The van der Waals surface area contributed by atoms with Crippen LogP contribution >= 0.6 is 0 Å². The van der Waals surface area contributed by atoms with Crippen molar-refractivity contribution in [3.63, 3.8) is 0 Å². The predicted octanol–water partition coefficient (Wildman–Crippen LogP) is 3.09. The maximum atomic E-state index is 12.7. The Morgan fingerprint density at radius 3 is 2.64 bits per heavy atom. The van der Waals surface area contributed by atoms with Crippen LogP contribution in [0.2, 0.25) is 0 Å². The molecule has 0 saturated carbocycles. The zero-order valence-electron chi connectivity index (χ0n) is 23.0. The van der Waals surface area contributed by atoms with Crippen molar-refractivity contribution in [2.45, 2.75) is 43.4 Å². The van der Waals surface area contributed by atoms with Gasteiger partial charge in [-0.1, -0.05) is 35.4 Å². The number of tetrazole rings is 1. The molecule has 42 heavy (non-hydrogen) atoms. The van der Waals surface area contributed by atoms with Crippen LogP contribution in [0.1, 0.15) is 42.3 Å². The molecular weight excluding hydrogens is 558 g/mol. The van der Waals surface area contributed by atoms with Gasteiger partial charge in [0.15, 0.2) is 0 Å². The van der Waals surface area contributed by atoms with Gasteiger partial charge in [-0.3, -0.25) is 14.8 Å². The average Bonchev–Trinajstić information content (AvgIpc) is 3.65. The molecule has 5 rings (SSSR count). The van der Waals surface area contributed by atoms with Gasteiger partial charge in [-0.05, 0) is 73.5 Å². The van der Waals surface area contributed by atoms with Gasteiger partial charge >= 0.3 is 0 Å². The minimum absolute atomic E-state index is 0.0888. The third kappa shape index (κ3) is 6.97. The van der Waals surface area contributed by atoms with Crippen LogP contribution in [0, 0.1) is 0 Å². The molecule has 0 aliphatic heterocycles. The first-order chi connectivity index (χ1) is 20.1. The standard InChI is InChI=1S/C28H31N9O4S/c1-28(2,13-14-37-18-29-23-16-20(11-12-24(23)37)26(39)31-27-32-35-36-33-27)30-17-25(38)19-7-6-8-21(15-19)34-42(40,41)22-9-4-3-5-10-22/h3-12,15-16,18,25,30,34,38H,13-14,17H2,1-2H3,(H2,31,32,33,35,36,39)/t25-/m0/s1. The van der Waals surface area contributed by atoms with Gasteiger partial charge < -0.3 is 15.0 Å². The largest absolute Gasteiger partial charge is 0.387 e. The van der Waals surface area contributed by atoms with Crippen molar-refractivity contribution >= 4 is 38.6 Å². The van der Waals surface area contributed by atoms with E-state index in [1.807, 2.05) is 24.5 Å². The summed E-state index contributed by atoms with van der Waals surface area (Å²) in [5.74, 6) is -0.276. The number of hydrogen-bond donors (Lipinski definition) is 5. The van der Waals surface area contributed by atoms with Gasteiger partial charge in [0.25, 0.3) is 21.9 Å². The molecule has 218 valence electrons. The molecule has 13 nitrogen and oxygen atoms in total. The molecule has 5 N–H and O–H groups in total. The molecule has 2 heterocycles. The van der Waals surface area contributed by atoms with Crippen LogP contribution in [-0.4, -0.2) is 61.7 Å². The molecule has 0 aliphatic rings. The molecular formula is C28H31N9O4S. The quantitative estimate of drug-likeness (QED) is 0.146. The smallest absolute Gasteiger partial charge is 0.270 e. The molecule has 2 aromatic heterocycles. The van der Waals surface area contributed by atoms with Gasteiger partial charge in [-0.25, -0.2) is 13.4 Å². The number of carbonyl (C=O) groups excluding carboxylic acids is 1. The lowest BCUT2D eigenvalue weighted by Crippen LogP contribution is -2.42. The number of aromatic amines is 1. The molecule has 0 unspecified atom stereocenters. The molecule has 1 amide bonds. The first-order valence-electron chi connectivity index (χ1n) is 13.2. The van der Waals surface area contributed by atoms with E-state index in [1.165, 1.54) is 12.1 Å². The summed E-state index contributed by atoms with van der Waals surface area (Å²) in [7, 11) is -3.74. The first kappa shape index (κ1) is 28.9. The fourth-order valence-electron chi connectivity index (χ4n) is 4.37. The number of nitrogens with zero attached hydrogens (tertiary/aromatic N) is 5. The van der Waals surface area contributed by atoms with Gasteiger partial charge in [-0.15, -0.1) is 5.10 Å². The third-order valence-corrected chi connectivity index (χ3v) is 8.18. The Labute approximate surface area is 242 Å². The maximum Gasteiger partial charge on any atom is 0.270 e. The molecule has 0 bridgehead atoms. The topological polar surface area (TPSA) is 180 Å². The number of fused-ring (bicyclic) bond motifs is 1. The number of aryl methyl sites for hydroxylation is 1. The van der Waals surface area contributed by atoms with Crippen molar-refractivity contribution in [1.29, 1.82) is 0 Å². The average molecular weight is 590 g/mol. The summed E-state index contributed by atoms with van der Waals surface area (Å²) in [6.07, 6.45) is 1.61. The molecule has 0 radical (unpaired) electrons. The van der Waals surface area contributed by atoms with E-state index in [0.717, 1.165) is 11.9 Å².